The summed E-state index contributed by atoms with van der Waals surface area (Å²) in [5, 5.41) is 36.9. The molecule has 0 saturated heterocycles. The summed E-state index contributed by atoms with van der Waals surface area (Å²) < 4.78 is 0. The Morgan fingerprint density at radius 3 is 2.00 bits per heavy atom. The maximum atomic E-state index is 11.6. The van der Waals surface area contributed by atoms with E-state index in [0.29, 0.717) is 19.3 Å². The Labute approximate surface area is 132 Å². The largest absolute Gasteiger partial charge is 0.481 e. The minimum atomic E-state index is -1.26. The SMILES string of the molecule is O=C(O)CC(C(=O)O)C1CC2CCC1(C(CC(=O)O)C(=O)O)C2. The molecule has 2 bridgehead atoms. The highest BCUT2D eigenvalue weighted by Gasteiger charge is 2.61. The molecule has 2 aliphatic carbocycles. The summed E-state index contributed by atoms with van der Waals surface area (Å²) in [5.74, 6) is -7.85. The first-order valence-electron chi connectivity index (χ1n) is 7.56. The van der Waals surface area contributed by atoms with Gasteiger partial charge in [0.15, 0.2) is 0 Å². The molecular weight excluding hydrogens is 308 g/mol. The minimum Gasteiger partial charge on any atom is -0.481 e. The van der Waals surface area contributed by atoms with Gasteiger partial charge in [-0.25, -0.2) is 0 Å². The predicted molar refractivity (Wildman–Crippen MR) is 74.6 cm³/mol. The van der Waals surface area contributed by atoms with Crippen LogP contribution in [0.25, 0.3) is 0 Å². The molecule has 0 aliphatic heterocycles. The highest BCUT2D eigenvalue weighted by atomic mass is 16.4. The van der Waals surface area contributed by atoms with Crippen LogP contribution in [0.3, 0.4) is 0 Å². The standard InChI is InChI=1S/C15H20O8/c16-11(17)4-8(13(20)21)9-3-7-1-2-15(9,6-7)10(14(22)23)5-12(18)19/h7-10H,1-6H2,(H,16,17)(H,18,19)(H,20,21)(H,22,23). The molecule has 2 fully saturated rings. The summed E-state index contributed by atoms with van der Waals surface area (Å²) in [7, 11) is 0. The molecule has 0 radical (unpaired) electrons. The van der Waals surface area contributed by atoms with Crippen LogP contribution < -0.4 is 0 Å². The second-order valence-corrected chi connectivity index (χ2v) is 6.72. The fraction of sp³-hybridized carbons (Fsp3) is 0.733. The average molecular weight is 328 g/mol. The van der Waals surface area contributed by atoms with Gasteiger partial charge >= 0.3 is 23.9 Å². The Morgan fingerprint density at radius 1 is 0.957 bits per heavy atom. The van der Waals surface area contributed by atoms with Gasteiger partial charge in [0.2, 0.25) is 0 Å². The molecule has 2 aliphatic rings. The van der Waals surface area contributed by atoms with Crippen LogP contribution in [-0.4, -0.2) is 44.3 Å². The first-order chi connectivity index (χ1) is 10.7. The Kier molecular flexibility index (Phi) is 4.63. The molecule has 0 aromatic heterocycles. The lowest BCUT2D eigenvalue weighted by Gasteiger charge is -2.41. The van der Waals surface area contributed by atoms with Gasteiger partial charge in [-0.05, 0) is 42.9 Å². The molecule has 128 valence electrons. The molecule has 8 heteroatoms. The quantitative estimate of drug-likeness (QED) is 0.518. The Bertz CT molecular complexity index is 542. The van der Waals surface area contributed by atoms with E-state index < -0.39 is 59.9 Å². The molecule has 5 atom stereocenters. The summed E-state index contributed by atoms with van der Waals surface area (Å²) >= 11 is 0. The van der Waals surface area contributed by atoms with E-state index >= 15 is 0 Å². The van der Waals surface area contributed by atoms with Crippen molar-refractivity contribution in [1.82, 2.24) is 0 Å². The number of carbonyl (C=O) groups is 4. The Morgan fingerprint density at radius 2 is 1.57 bits per heavy atom. The molecule has 0 amide bonds. The lowest BCUT2D eigenvalue weighted by atomic mass is 9.61. The van der Waals surface area contributed by atoms with Gasteiger partial charge in [-0.15, -0.1) is 0 Å². The third-order valence-electron chi connectivity index (χ3n) is 5.58. The summed E-state index contributed by atoms with van der Waals surface area (Å²) in [5.41, 5.74) is -0.937. The van der Waals surface area contributed by atoms with E-state index in [1.54, 1.807) is 0 Å². The maximum Gasteiger partial charge on any atom is 0.307 e. The van der Waals surface area contributed by atoms with E-state index in [9.17, 15) is 29.4 Å². The summed E-state index contributed by atoms with van der Waals surface area (Å²) in [4.78, 5) is 45.2. The van der Waals surface area contributed by atoms with Gasteiger partial charge in [0.25, 0.3) is 0 Å². The zero-order valence-corrected chi connectivity index (χ0v) is 12.5. The van der Waals surface area contributed by atoms with Crippen molar-refractivity contribution in [3.05, 3.63) is 0 Å². The normalized spacial score (nSPS) is 31.5. The fourth-order valence-electron chi connectivity index (χ4n) is 4.79. The van der Waals surface area contributed by atoms with Crippen LogP contribution in [0.4, 0.5) is 0 Å². The molecule has 5 unspecified atom stereocenters. The van der Waals surface area contributed by atoms with Crippen molar-refractivity contribution in [2.24, 2.45) is 29.1 Å². The van der Waals surface area contributed by atoms with Gasteiger partial charge in [0.05, 0.1) is 24.7 Å². The van der Waals surface area contributed by atoms with Crippen LogP contribution in [0, 0.1) is 29.1 Å². The number of hydrogen-bond acceptors (Lipinski definition) is 4. The number of carboxylic acids is 4. The van der Waals surface area contributed by atoms with E-state index in [1.807, 2.05) is 0 Å². The monoisotopic (exact) mass is 328 g/mol. The smallest absolute Gasteiger partial charge is 0.307 e. The highest BCUT2D eigenvalue weighted by molar-refractivity contribution is 5.80. The van der Waals surface area contributed by atoms with E-state index in [1.165, 1.54) is 0 Å². The molecule has 0 aromatic rings. The maximum absolute atomic E-state index is 11.6. The molecule has 4 N–H and O–H groups in total. The first-order valence-corrected chi connectivity index (χ1v) is 7.56. The van der Waals surface area contributed by atoms with Crippen molar-refractivity contribution in [2.75, 3.05) is 0 Å². The predicted octanol–water partition coefficient (Wildman–Crippen LogP) is 1.14. The van der Waals surface area contributed by atoms with Gasteiger partial charge in [-0.3, -0.25) is 19.2 Å². The van der Waals surface area contributed by atoms with Gasteiger partial charge in [0, 0.05) is 0 Å². The average Bonchev–Trinajstić information content (AvgIpc) is 2.99. The number of aliphatic carboxylic acids is 4. The lowest BCUT2D eigenvalue weighted by Crippen LogP contribution is -2.44. The second kappa shape index (κ2) is 6.17. The summed E-state index contributed by atoms with van der Waals surface area (Å²) in [6.45, 7) is 0. The topological polar surface area (TPSA) is 149 Å². The minimum absolute atomic E-state index is 0.145. The number of rotatable bonds is 8. The zero-order valence-electron chi connectivity index (χ0n) is 12.5. The molecule has 2 saturated carbocycles. The molecule has 0 heterocycles. The van der Waals surface area contributed by atoms with Crippen molar-refractivity contribution >= 4 is 23.9 Å². The third kappa shape index (κ3) is 3.16. The first kappa shape index (κ1) is 17.2. The van der Waals surface area contributed by atoms with Crippen molar-refractivity contribution in [2.45, 2.75) is 38.5 Å². The summed E-state index contributed by atoms with van der Waals surface area (Å²) in [6, 6.07) is 0. The van der Waals surface area contributed by atoms with Crippen LogP contribution >= 0.6 is 0 Å². The van der Waals surface area contributed by atoms with E-state index in [0.717, 1.165) is 6.42 Å². The van der Waals surface area contributed by atoms with Gasteiger partial charge in [-0.1, -0.05) is 0 Å². The van der Waals surface area contributed by atoms with Crippen LogP contribution in [-0.2, 0) is 19.2 Å². The van der Waals surface area contributed by atoms with Crippen LogP contribution in [0.15, 0.2) is 0 Å². The van der Waals surface area contributed by atoms with Crippen LogP contribution in [0.5, 0.6) is 0 Å². The lowest BCUT2D eigenvalue weighted by molar-refractivity contribution is -0.160. The summed E-state index contributed by atoms with van der Waals surface area (Å²) in [6.07, 6.45) is 0.945. The van der Waals surface area contributed by atoms with Crippen LogP contribution in [0.2, 0.25) is 0 Å². The molecule has 2 rings (SSSR count). The number of carboxylic acid groups (broad SMARTS) is 4. The number of hydrogen-bond donors (Lipinski definition) is 4. The van der Waals surface area contributed by atoms with Gasteiger partial charge < -0.3 is 20.4 Å². The second-order valence-electron chi connectivity index (χ2n) is 6.72. The van der Waals surface area contributed by atoms with Crippen LogP contribution in [0.1, 0.15) is 38.5 Å². The van der Waals surface area contributed by atoms with E-state index in [-0.39, 0.29) is 5.92 Å². The Balaban J connectivity index is 2.38. The molecule has 0 aromatic carbocycles. The van der Waals surface area contributed by atoms with Crippen molar-refractivity contribution < 1.29 is 39.6 Å². The molecular formula is C15H20O8. The van der Waals surface area contributed by atoms with Crippen molar-refractivity contribution in [1.29, 1.82) is 0 Å². The van der Waals surface area contributed by atoms with Gasteiger partial charge in [0.1, 0.15) is 0 Å². The highest BCUT2D eigenvalue weighted by Crippen LogP contribution is 2.64. The van der Waals surface area contributed by atoms with E-state index in [4.69, 9.17) is 10.2 Å². The van der Waals surface area contributed by atoms with E-state index in [2.05, 4.69) is 0 Å². The fourth-order valence-corrected chi connectivity index (χ4v) is 4.79. The molecule has 0 spiro atoms. The zero-order chi connectivity index (χ0) is 17.4. The third-order valence-corrected chi connectivity index (χ3v) is 5.58. The van der Waals surface area contributed by atoms with Crippen molar-refractivity contribution in [3.8, 4) is 0 Å². The van der Waals surface area contributed by atoms with Gasteiger partial charge in [-0.2, -0.15) is 0 Å². The van der Waals surface area contributed by atoms with Crippen molar-refractivity contribution in [3.63, 3.8) is 0 Å². The molecule has 23 heavy (non-hydrogen) atoms. The molecule has 8 nitrogen and oxygen atoms in total. The Hall–Kier alpha value is -2.12. The number of fused-ring (bicyclic) bond motifs is 2.